The van der Waals surface area contributed by atoms with Gasteiger partial charge in [-0.25, -0.2) is 0 Å². The maximum atomic E-state index is 11.6. The minimum Gasteiger partial charge on any atom is -0.353 e. The third kappa shape index (κ3) is 3.32. The highest BCUT2D eigenvalue weighted by Crippen LogP contribution is 2.23. The van der Waals surface area contributed by atoms with Crippen LogP contribution >= 0.6 is 0 Å². The van der Waals surface area contributed by atoms with Gasteiger partial charge >= 0.3 is 0 Å². The van der Waals surface area contributed by atoms with Crippen molar-refractivity contribution in [2.45, 2.75) is 58.9 Å². The average Bonchev–Trinajstić information content (AvgIpc) is 2.32. The monoisotopic (exact) mass is 197 g/mol. The molecule has 82 valence electrons. The zero-order valence-electron chi connectivity index (χ0n) is 9.68. The zero-order chi connectivity index (χ0) is 10.6. The fourth-order valence-electron chi connectivity index (χ4n) is 2.06. The lowest BCUT2D eigenvalue weighted by atomic mass is 9.96. The lowest BCUT2D eigenvalue weighted by Crippen LogP contribution is -2.40. The third-order valence-electron chi connectivity index (χ3n) is 3.21. The van der Waals surface area contributed by atoms with Gasteiger partial charge in [0.2, 0.25) is 5.91 Å². The van der Waals surface area contributed by atoms with Crippen LogP contribution < -0.4 is 5.32 Å². The van der Waals surface area contributed by atoms with Gasteiger partial charge in [-0.05, 0) is 18.8 Å². The molecule has 0 spiro atoms. The molecule has 1 rings (SSSR count). The molecule has 1 aliphatic rings. The number of carbonyl (C=O) groups is 1. The van der Waals surface area contributed by atoms with Crippen molar-refractivity contribution in [2.75, 3.05) is 0 Å². The molecule has 0 saturated heterocycles. The first-order chi connectivity index (χ1) is 6.61. The fourth-order valence-corrected chi connectivity index (χ4v) is 2.06. The third-order valence-corrected chi connectivity index (χ3v) is 3.21. The Labute approximate surface area is 87.5 Å². The van der Waals surface area contributed by atoms with Crippen molar-refractivity contribution in [3.8, 4) is 0 Å². The highest BCUT2D eigenvalue weighted by atomic mass is 16.1. The average molecular weight is 197 g/mol. The minimum atomic E-state index is 0.116. The van der Waals surface area contributed by atoms with Crippen molar-refractivity contribution in [3.05, 3.63) is 0 Å². The minimum absolute atomic E-state index is 0.116. The van der Waals surface area contributed by atoms with Crippen molar-refractivity contribution in [2.24, 2.45) is 11.8 Å². The summed E-state index contributed by atoms with van der Waals surface area (Å²) in [5, 5.41) is 3.17. The molecule has 0 aromatic rings. The summed E-state index contributed by atoms with van der Waals surface area (Å²) in [6.45, 7) is 6.17. The maximum absolute atomic E-state index is 11.6. The number of hydrogen-bond donors (Lipinski definition) is 1. The molecule has 0 aromatic carbocycles. The maximum Gasteiger partial charge on any atom is 0.222 e. The highest BCUT2D eigenvalue weighted by Gasteiger charge is 2.22. The van der Waals surface area contributed by atoms with Gasteiger partial charge in [-0.1, -0.05) is 40.0 Å². The summed E-state index contributed by atoms with van der Waals surface area (Å²) >= 11 is 0. The second kappa shape index (κ2) is 5.38. The summed E-state index contributed by atoms with van der Waals surface area (Å²) in [5.74, 6) is 0.981. The molecule has 0 bridgehead atoms. The van der Waals surface area contributed by atoms with Crippen LogP contribution in [0.1, 0.15) is 52.9 Å². The van der Waals surface area contributed by atoms with Crippen LogP contribution in [0, 0.1) is 11.8 Å². The van der Waals surface area contributed by atoms with E-state index in [0.29, 0.717) is 12.0 Å². The Bertz CT molecular complexity index is 189. The first-order valence-corrected chi connectivity index (χ1v) is 5.91. The number of carbonyl (C=O) groups excluding carboxylic acids is 1. The smallest absolute Gasteiger partial charge is 0.222 e. The summed E-state index contributed by atoms with van der Waals surface area (Å²) < 4.78 is 0. The predicted octanol–water partition coefficient (Wildman–Crippen LogP) is 2.73. The lowest BCUT2D eigenvalue weighted by molar-refractivity contribution is -0.125. The van der Waals surface area contributed by atoms with Gasteiger partial charge in [0, 0.05) is 12.0 Å². The standard InChI is InChI=1S/C12H23NO/c1-9(2)12(14)13-11-8-6-4-5-7-10(11)3/h9-11H,4-8H2,1-3H3,(H,13,14). The van der Waals surface area contributed by atoms with Gasteiger partial charge in [0.15, 0.2) is 0 Å². The second-order valence-electron chi connectivity index (χ2n) is 4.89. The van der Waals surface area contributed by atoms with Crippen LogP contribution in [0.15, 0.2) is 0 Å². The van der Waals surface area contributed by atoms with E-state index >= 15 is 0 Å². The molecular formula is C12H23NO. The van der Waals surface area contributed by atoms with E-state index in [1.807, 2.05) is 13.8 Å². The highest BCUT2D eigenvalue weighted by molar-refractivity contribution is 5.78. The molecule has 1 N–H and O–H groups in total. The van der Waals surface area contributed by atoms with Crippen LogP contribution in [0.2, 0.25) is 0 Å². The zero-order valence-corrected chi connectivity index (χ0v) is 9.68. The summed E-state index contributed by atoms with van der Waals surface area (Å²) in [7, 11) is 0. The lowest BCUT2D eigenvalue weighted by Gasteiger charge is -2.23. The Morgan fingerprint density at radius 1 is 1.21 bits per heavy atom. The summed E-state index contributed by atoms with van der Waals surface area (Å²) in [6, 6.07) is 0.424. The van der Waals surface area contributed by atoms with Gasteiger partial charge in [-0.3, -0.25) is 4.79 Å². The topological polar surface area (TPSA) is 29.1 Å². The molecule has 0 heterocycles. The van der Waals surface area contributed by atoms with Crippen LogP contribution in [0.4, 0.5) is 0 Å². The fraction of sp³-hybridized carbons (Fsp3) is 0.917. The Balaban J connectivity index is 2.44. The van der Waals surface area contributed by atoms with E-state index in [1.54, 1.807) is 0 Å². The normalized spacial score (nSPS) is 28.6. The van der Waals surface area contributed by atoms with E-state index in [0.717, 1.165) is 0 Å². The summed E-state index contributed by atoms with van der Waals surface area (Å²) in [4.78, 5) is 11.6. The van der Waals surface area contributed by atoms with Crippen molar-refractivity contribution in [1.82, 2.24) is 5.32 Å². The van der Waals surface area contributed by atoms with E-state index in [9.17, 15) is 4.79 Å². The van der Waals surface area contributed by atoms with Gasteiger partial charge in [-0.2, -0.15) is 0 Å². The molecule has 2 atom stereocenters. The van der Waals surface area contributed by atoms with Crippen molar-refractivity contribution in [3.63, 3.8) is 0 Å². The molecule has 0 aliphatic heterocycles. The SMILES string of the molecule is CC(C)C(=O)NC1CCCCCC1C. The largest absolute Gasteiger partial charge is 0.353 e. The first kappa shape index (κ1) is 11.5. The Hall–Kier alpha value is -0.530. The molecule has 2 heteroatoms. The molecule has 0 radical (unpaired) electrons. The Kier molecular flexibility index (Phi) is 4.43. The summed E-state index contributed by atoms with van der Waals surface area (Å²) in [6.07, 6.45) is 6.36. The van der Waals surface area contributed by atoms with Crippen LogP contribution in [0.3, 0.4) is 0 Å². The molecule has 0 aromatic heterocycles. The van der Waals surface area contributed by atoms with Crippen molar-refractivity contribution in [1.29, 1.82) is 0 Å². The second-order valence-corrected chi connectivity index (χ2v) is 4.89. The van der Waals surface area contributed by atoms with Gasteiger partial charge in [0.05, 0.1) is 0 Å². The van der Waals surface area contributed by atoms with Gasteiger partial charge < -0.3 is 5.32 Å². The van der Waals surface area contributed by atoms with E-state index in [4.69, 9.17) is 0 Å². The van der Waals surface area contributed by atoms with Crippen LogP contribution in [0.25, 0.3) is 0 Å². The van der Waals surface area contributed by atoms with Crippen LogP contribution in [0.5, 0.6) is 0 Å². The van der Waals surface area contributed by atoms with Gasteiger partial charge in [-0.15, -0.1) is 0 Å². The predicted molar refractivity (Wildman–Crippen MR) is 59.0 cm³/mol. The van der Waals surface area contributed by atoms with Crippen LogP contribution in [-0.4, -0.2) is 11.9 Å². The number of nitrogens with one attached hydrogen (secondary N) is 1. The molecule has 14 heavy (non-hydrogen) atoms. The first-order valence-electron chi connectivity index (χ1n) is 5.91. The van der Waals surface area contributed by atoms with E-state index in [1.165, 1.54) is 32.1 Å². The molecule has 1 amide bonds. The molecular weight excluding hydrogens is 174 g/mol. The Morgan fingerprint density at radius 3 is 2.50 bits per heavy atom. The van der Waals surface area contributed by atoms with Gasteiger partial charge in [0.25, 0.3) is 0 Å². The quantitative estimate of drug-likeness (QED) is 0.678. The molecule has 2 unspecified atom stereocenters. The molecule has 1 aliphatic carbocycles. The number of rotatable bonds is 2. The molecule has 2 nitrogen and oxygen atoms in total. The van der Waals surface area contributed by atoms with E-state index < -0.39 is 0 Å². The van der Waals surface area contributed by atoms with E-state index in [2.05, 4.69) is 12.2 Å². The number of amides is 1. The summed E-state index contributed by atoms with van der Waals surface area (Å²) in [5.41, 5.74) is 0. The molecule has 1 fully saturated rings. The van der Waals surface area contributed by atoms with Gasteiger partial charge in [0.1, 0.15) is 0 Å². The van der Waals surface area contributed by atoms with Crippen molar-refractivity contribution >= 4 is 5.91 Å². The Morgan fingerprint density at radius 2 is 1.86 bits per heavy atom. The van der Waals surface area contributed by atoms with Crippen LogP contribution in [-0.2, 0) is 4.79 Å². The van der Waals surface area contributed by atoms with Crippen molar-refractivity contribution < 1.29 is 4.79 Å². The van der Waals surface area contributed by atoms with E-state index in [-0.39, 0.29) is 11.8 Å². The number of hydrogen-bond acceptors (Lipinski definition) is 1. The molecule has 1 saturated carbocycles.